The van der Waals surface area contributed by atoms with Gasteiger partial charge in [0.1, 0.15) is 0 Å². The van der Waals surface area contributed by atoms with Crippen LogP contribution in [0.2, 0.25) is 0 Å². The summed E-state index contributed by atoms with van der Waals surface area (Å²) in [6.07, 6.45) is 3.88. The summed E-state index contributed by atoms with van der Waals surface area (Å²) in [6.45, 7) is 0. The minimum atomic E-state index is -0.500. The van der Waals surface area contributed by atoms with E-state index in [-0.39, 0.29) is 0 Å². The molecule has 0 saturated heterocycles. The summed E-state index contributed by atoms with van der Waals surface area (Å²) >= 11 is 1.36. The zero-order chi connectivity index (χ0) is 7.40. The van der Waals surface area contributed by atoms with Gasteiger partial charge in [-0.2, -0.15) is 0 Å². The van der Waals surface area contributed by atoms with Gasteiger partial charge in [-0.3, -0.25) is 15.1 Å². The Bertz CT molecular complexity index is 242. The standard InChI is InChI=1S/C5H4N2O2S/c8-7(9)2-1-5-3-6-4-10-5/h1-4H. The molecular weight excluding hydrogens is 152 g/mol. The number of hydrogen-bond donors (Lipinski definition) is 0. The van der Waals surface area contributed by atoms with Crippen molar-refractivity contribution in [2.45, 2.75) is 0 Å². The number of rotatable bonds is 2. The van der Waals surface area contributed by atoms with Crippen LogP contribution in [0.25, 0.3) is 6.08 Å². The van der Waals surface area contributed by atoms with Crippen molar-refractivity contribution >= 4 is 17.4 Å². The molecule has 0 saturated carbocycles. The molecule has 1 rings (SSSR count). The summed E-state index contributed by atoms with van der Waals surface area (Å²) in [6, 6.07) is 0. The number of hydrogen-bond acceptors (Lipinski definition) is 4. The minimum absolute atomic E-state index is 0.500. The lowest BCUT2D eigenvalue weighted by atomic mass is 10.5. The first-order valence-corrected chi connectivity index (χ1v) is 3.37. The largest absolute Gasteiger partial charge is 0.259 e. The van der Waals surface area contributed by atoms with Crippen LogP contribution in [0, 0.1) is 10.1 Å². The molecule has 0 N–H and O–H groups in total. The van der Waals surface area contributed by atoms with Gasteiger partial charge in [-0.15, -0.1) is 11.3 Å². The number of thiazole rings is 1. The monoisotopic (exact) mass is 156 g/mol. The minimum Gasteiger partial charge on any atom is -0.259 e. The van der Waals surface area contributed by atoms with Gasteiger partial charge >= 0.3 is 0 Å². The molecule has 1 heterocycles. The van der Waals surface area contributed by atoms with Gasteiger partial charge < -0.3 is 0 Å². The average molecular weight is 156 g/mol. The van der Waals surface area contributed by atoms with Gasteiger partial charge in [0.25, 0.3) is 0 Å². The van der Waals surface area contributed by atoms with E-state index in [1.165, 1.54) is 17.4 Å². The highest BCUT2D eigenvalue weighted by molar-refractivity contribution is 7.10. The fourth-order valence-electron chi connectivity index (χ4n) is 0.442. The Morgan fingerprint density at radius 1 is 1.80 bits per heavy atom. The molecule has 0 aliphatic rings. The van der Waals surface area contributed by atoms with Crippen LogP contribution in [-0.2, 0) is 0 Å². The van der Waals surface area contributed by atoms with E-state index in [0.29, 0.717) is 0 Å². The summed E-state index contributed by atoms with van der Waals surface area (Å²) in [5.74, 6) is 0. The van der Waals surface area contributed by atoms with Crippen LogP contribution >= 0.6 is 11.3 Å². The van der Waals surface area contributed by atoms with Crippen molar-refractivity contribution in [1.82, 2.24) is 4.98 Å². The maximum absolute atomic E-state index is 9.80. The maximum Gasteiger partial charge on any atom is 0.235 e. The molecule has 1 aromatic heterocycles. The summed E-state index contributed by atoms with van der Waals surface area (Å²) < 4.78 is 0. The van der Waals surface area contributed by atoms with Crippen LogP contribution in [0.3, 0.4) is 0 Å². The molecule has 1 aromatic rings. The lowest BCUT2D eigenvalue weighted by Gasteiger charge is -1.76. The van der Waals surface area contributed by atoms with Gasteiger partial charge in [-0.25, -0.2) is 0 Å². The Morgan fingerprint density at radius 2 is 2.60 bits per heavy atom. The SMILES string of the molecule is O=[N+]([O-])C=Cc1cncs1. The molecule has 10 heavy (non-hydrogen) atoms. The maximum atomic E-state index is 9.80. The molecule has 0 spiro atoms. The van der Waals surface area contributed by atoms with Gasteiger partial charge in [-0.1, -0.05) is 0 Å². The predicted molar refractivity (Wildman–Crippen MR) is 38.1 cm³/mol. The highest BCUT2D eigenvalue weighted by atomic mass is 32.1. The summed E-state index contributed by atoms with van der Waals surface area (Å²) in [5, 5.41) is 9.80. The molecule has 0 radical (unpaired) electrons. The molecule has 0 aromatic carbocycles. The summed E-state index contributed by atoms with van der Waals surface area (Å²) in [4.78, 5) is 13.8. The molecular formula is C5H4N2O2S. The first-order chi connectivity index (χ1) is 4.79. The highest BCUT2D eigenvalue weighted by Crippen LogP contribution is 2.06. The Hall–Kier alpha value is -1.23. The van der Waals surface area contributed by atoms with Gasteiger partial charge in [0.2, 0.25) is 6.20 Å². The molecule has 0 amide bonds. The van der Waals surface area contributed by atoms with Crippen LogP contribution in [-0.4, -0.2) is 9.91 Å². The Morgan fingerprint density at radius 3 is 3.10 bits per heavy atom. The van der Waals surface area contributed by atoms with Gasteiger partial charge in [0.05, 0.1) is 15.3 Å². The Labute approximate surface area is 61.0 Å². The normalized spacial score (nSPS) is 10.4. The van der Waals surface area contributed by atoms with Crippen molar-refractivity contribution in [3.8, 4) is 0 Å². The first kappa shape index (κ1) is 6.88. The fraction of sp³-hybridized carbons (Fsp3) is 0. The van der Waals surface area contributed by atoms with Gasteiger partial charge in [-0.05, 0) is 0 Å². The van der Waals surface area contributed by atoms with Crippen LogP contribution in [0.1, 0.15) is 4.88 Å². The van der Waals surface area contributed by atoms with E-state index in [2.05, 4.69) is 4.98 Å². The zero-order valence-electron chi connectivity index (χ0n) is 4.93. The summed E-state index contributed by atoms with van der Waals surface area (Å²) in [5.41, 5.74) is 1.62. The van der Waals surface area contributed by atoms with E-state index in [1.807, 2.05) is 0 Å². The topological polar surface area (TPSA) is 56.0 Å². The Balaban J connectivity index is 2.64. The highest BCUT2D eigenvalue weighted by Gasteiger charge is 1.89. The predicted octanol–water partition coefficient (Wildman–Crippen LogP) is 1.39. The van der Waals surface area contributed by atoms with Crippen molar-refractivity contribution in [2.75, 3.05) is 0 Å². The second kappa shape index (κ2) is 3.07. The van der Waals surface area contributed by atoms with E-state index in [0.717, 1.165) is 11.1 Å². The van der Waals surface area contributed by atoms with E-state index in [9.17, 15) is 10.1 Å². The average Bonchev–Trinajstić information content (AvgIpc) is 2.34. The molecule has 0 aliphatic carbocycles. The molecule has 0 aliphatic heterocycles. The van der Waals surface area contributed by atoms with E-state index >= 15 is 0 Å². The van der Waals surface area contributed by atoms with E-state index in [1.54, 1.807) is 11.7 Å². The molecule has 5 heteroatoms. The molecule has 0 fully saturated rings. The van der Waals surface area contributed by atoms with Gasteiger partial charge in [0.15, 0.2) is 0 Å². The van der Waals surface area contributed by atoms with Crippen molar-refractivity contribution < 1.29 is 4.92 Å². The first-order valence-electron chi connectivity index (χ1n) is 2.49. The second-order valence-corrected chi connectivity index (χ2v) is 2.42. The lowest BCUT2D eigenvalue weighted by molar-refractivity contribution is -0.400. The van der Waals surface area contributed by atoms with Crippen molar-refractivity contribution in [3.05, 3.63) is 32.9 Å². The third-order valence-corrected chi connectivity index (χ3v) is 1.55. The van der Waals surface area contributed by atoms with Crippen LogP contribution in [0.15, 0.2) is 17.9 Å². The van der Waals surface area contributed by atoms with Crippen molar-refractivity contribution in [3.63, 3.8) is 0 Å². The molecule has 0 bridgehead atoms. The van der Waals surface area contributed by atoms with Crippen molar-refractivity contribution in [1.29, 1.82) is 0 Å². The molecule has 4 nitrogen and oxygen atoms in total. The third-order valence-electron chi connectivity index (χ3n) is 0.812. The number of nitrogens with zero attached hydrogens (tertiary/aromatic N) is 2. The summed E-state index contributed by atoms with van der Waals surface area (Å²) in [7, 11) is 0. The van der Waals surface area contributed by atoms with Crippen LogP contribution in [0.5, 0.6) is 0 Å². The van der Waals surface area contributed by atoms with Crippen molar-refractivity contribution in [2.24, 2.45) is 0 Å². The molecule has 52 valence electrons. The van der Waals surface area contributed by atoms with Gasteiger partial charge in [0, 0.05) is 12.3 Å². The third kappa shape index (κ3) is 1.94. The Kier molecular flexibility index (Phi) is 2.11. The zero-order valence-corrected chi connectivity index (χ0v) is 5.75. The number of nitro groups is 1. The smallest absolute Gasteiger partial charge is 0.235 e. The quantitative estimate of drug-likeness (QED) is 0.480. The molecule has 0 atom stereocenters. The lowest BCUT2D eigenvalue weighted by Crippen LogP contribution is -1.80. The fourth-order valence-corrected chi connectivity index (χ4v) is 0.947. The van der Waals surface area contributed by atoms with E-state index < -0.39 is 4.92 Å². The van der Waals surface area contributed by atoms with E-state index in [4.69, 9.17) is 0 Å². The van der Waals surface area contributed by atoms with Crippen LogP contribution in [0.4, 0.5) is 0 Å². The molecule has 0 unspecified atom stereocenters. The van der Waals surface area contributed by atoms with Crippen LogP contribution < -0.4 is 0 Å². The number of aromatic nitrogens is 1. The second-order valence-electron chi connectivity index (χ2n) is 1.50.